The van der Waals surface area contributed by atoms with Crippen LogP contribution >= 0.6 is 0 Å². The first-order valence-corrected chi connectivity index (χ1v) is 3.86. The SMILES string of the molecule is NNc1cccc(C#CCC=O)c1. The highest BCUT2D eigenvalue weighted by Gasteiger charge is 1.88. The van der Waals surface area contributed by atoms with Crippen LogP contribution in [0.1, 0.15) is 12.0 Å². The second-order valence-corrected chi connectivity index (χ2v) is 2.40. The van der Waals surface area contributed by atoms with Crippen LogP contribution in [0.25, 0.3) is 0 Å². The van der Waals surface area contributed by atoms with Gasteiger partial charge in [0.2, 0.25) is 0 Å². The maximum atomic E-state index is 9.98. The molecule has 0 aliphatic rings. The summed E-state index contributed by atoms with van der Waals surface area (Å²) in [5.41, 5.74) is 4.17. The Kier molecular flexibility index (Phi) is 3.55. The fourth-order valence-corrected chi connectivity index (χ4v) is 0.881. The van der Waals surface area contributed by atoms with Gasteiger partial charge in [0.25, 0.3) is 0 Å². The molecule has 0 unspecified atom stereocenters. The van der Waals surface area contributed by atoms with E-state index in [1.807, 2.05) is 24.3 Å². The summed E-state index contributed by atoms with van der Waals surface area (Å²) in [4.78, 5) is 9.98. The molecule has 66 valence electrons. The minimum Gasteiger partial charge on any atom is -0.324 e. The van der Waals surface area contributed by atoms with E-state index in [-0.39, 0.29) is 6.42 Å². The zero-order valence-corrected chi connectivity index (χ0v) is 7.08. The molecular weight excluding hydrogens is 164 g/mol. The van der Waals surface area contributed by atoms with Crippen LogP contribution in [0.5, 0.6) is 0 Å². The number of hydrazine groups is 1. The van der Waals surface area contributed by atoms with Crippen LogP contribution in [0.2, 0.25) is 0 Å². The van der Waals surface area contributed by atoms with E-state index in [1.165, 1.54) is 0 Å². The van der Waals surface area contributed by atoms with Gasteiger partial charge in [-0.2, -0.15) is 0 Å². The van der Waals surface area contributed by atoms with Crippen molar-refractivity contribution in [3.05, 3.63) is 29.8 Å². The Morgan fingerprint density at radius 3 is 3.08 bits per heavy atom. The molecule has 0 amide bonds. The summed E-state index contributed by atoms with van der Waals surface area (Å²) in [5.74, 6) is 10.8. The lowest BCUT2D eigenvalue weighted by Crippen LogP contribution is -2.06. The molecular formula is C10H10N2O. The molecule has 0 heterocycles. The average Bonchev–Trinajstić information content (AvgIpc) is 2.19. The summed E-state index contributed by atoms with van der Waals surface area (Å²) in [5, 5.41) is 0. The van der Waals surface area contributed by atoms with E-state index in [2.05, 4.69) is 17.3 Å². The van der Waals surface area contributed by atoms with E-state index in [4.69, 9.17) is 5.84 Å². The third-order valence-electron chi connectivity index (χ3n) is 1.45. The number of nitrogens with two attached hydrogens (primary N) is 1. The van der Waals surface area contributed by atoms with Gasteiger partial charge < -0.3 is 10.2 Å². The van der Waals surface area contributed by atoms with Gasteiger partial charge in [-0.3, -0.25) is 5.84 Å². The molecule has 3 heteroatoms. The average molecular weight is 174 g/mol. The first kappa shape index (κ1) is 9.30. The number of benzene rings is 1. The summed E-state index contributed by atoms with van der Waals surface area (Å²) >= 11 is 0. The number of anilines is 1. The zero-order valence-electron chi connectivity index (χ0n) is 7.08. The molecule has 0 aliphatic carbocycles. The number of carbonyl (C=O) groups is 1. The number of carbonyl (C=O) groups excluding carboxylic acids is 1. The lowest BCUT2D eigenvalue weighted by molar-refractivity contribution is -0.107. The third kappa shape index (κ3) is 2.97. The van der Waals surface area contributed by atoms with E-state index in [1.54, 1.807) is 0 Å². The van der Waals surface area contributed by atoms with Crippen LogP contribution in [-0.4, -0.2) is 6.29 Å². The number of nitrogen functional groups attached to an aromatic ring is 1. The van der Waals surface area contributed by atoms with Crippen molar-refractivity contribution in [2.45, 2.75) is 6.42 Å². The number of nitrogens with one attached hydrogen (secondary N) is 1. The Morgan fingerprint density at radius 2 is 2.38 bits per heavy atom. The molecule has 0 fully saturated rings. The monoisotopic (exact) mass is 174 g/mol. The van der Waals surface area contributed by atoms with E-state index in [0.717, 1.165) is 17.5 Å². The number of rotatable bonds is 2. The van der Waals surface area contributed by atoms with Gasteiger partial charge in [0, 0.05) is 11.3 Å². The van der Waals surface area contributed by atoms with Crippen LogP contribution in [0, 0.1) is 11.8 Å². The van der Waals surface area contributed by atoms with Gasteiger partial charge >= 0.3 is 0 Å². The molecule has 3 nitrogen and oxygen atoms in total. The molecule has 0 saturated carbocycles. The minimum absolute atomic E-state index is 0.264. The molecule has 1 rings (SSSR count). The summed E-state index contributed by atoms with van der Waals surface area (Å²) in [6.07, 6.45) is 1.04. The molecule has 0 radical (unpaired) electrons. The normalized spacial score (nSPS) is 8.38. The van der Waals surface area contributed by atoms with Crippen molar-refractivity contribution in [2.24, 2.45) is 5.84 Å². The minimum atomic E-state index is 0.264. The fourth-order valence-electron chi connectivity index (χ4n) is 0.881. The molecule has 0 bridgehead atoms. The van der Waals surface area contributed by atoms with Crippen LogP contribution in [0.15, 0.2) is 24.3 Å². The van der Waals surface area contributed by atoms with Crippen LogP contribution < -0.4 is 11.3 Å². The van der Waals surface area contributed by atoms with Crippen molar-refractivity contribution < 1.29 is 4.79 Å². The molecule has 0 saturated heterocycles. The highest BCUT2D eigenvalue weighted by atomic mass is 16.1. The smallest absolute Gasteiger partial charge is 0.131 e. The summed E-state index contributed by atoms with van der Waals surface area (Å²) in [6.45, 7) is 0. The number of hydrogen-bond acceptors (Lipinski definition) is 3. The predicted octanol–water partition coefficient (Wildman–Crippen LogP) is 0.913. The van der Waals surface area contributed by atoms with Gasteiger partial charge in [0.1, 0.15) is 6.29 Å². The Morgan fingerprint density at radius 1 is 1.54 bits per heavy atom. The standard InChI is InChI=1S/C10H10N2O/c11-12-10-6-3-5-9(8-10)4-1-2-7-13/h3,5-8,12H,2,11H2. The topological polar surface area (TPSA) is 55.1 Å². The fraction of sp³-hybridized carbons (Fsp3) is 0.100. The zero-order chi connectivity index (χ0) is 9.52. The van der Waals surface area contributed by atoms with Gasteiger partial charge in [-0.15, -0.1) is 0 Å². The number of aldehydes is 1. The molecule has 0 aliphatic heterocycles. The Bertz CT molecular complexity index is 349. The van der Waals surface area contributed by atoms with Crippen molar-refractivity contribution in [3.8, 4) is 11.8 Å². The van der Waals surface area contributed by atoms with Crippen molar-refractivity contribution in [3.63, 3.8) is 0 Å². The van der Waals surface area contributed by atoms with Crippen molar-refractivity contribution in [1.82, 2.24) is 0 Å². The van der Waals surface area contributed by atoms with Gasteiger partial charge in [0.05, 0.1) is 6.42 Å². The third-order valence-corrected chi connectivity index (χ3v) is 1.45. The van der Waals surface area contributed by atoms with Crippen molar-refractivity contribution in [1.29, 1.82) is 0 Å². The van der Waals surface area contributed by atoms with Crippen LogP contribution in [0.3, 0.4) is 0 Å². The van der Waals surface area contributed by atoms with E-state index < -0.39 is 0 Å². The van der Waals surface area contributed by atoms with Gasteiger partial charge in [-0.05, 0) is 18.2 Å². The molecule has 0 aromatic heterocycles. The molecule has 1 aromatic rings. The van der Waals surface area contributed by atoms with E-state index in [0.29, 0.717) is 0 Å². The Labute approximate surface area is 76.9 Å². The maximum Gasteiger partial charge on any atom is 0.131 e. The number of hydrogen-bond donors (Lipinski definition) is 2. The molecule has 1 aromatic carbocycles. The first-order chi connectivity index (χ1) is 6.36. The lowest BCUT2D eigenvalue weighted by atomic mass is 10.2. The van der Waals surface area contributed by atoms with Crippen molar-refractivity contribution >= 4 is 12.0 Å². The Hall–Kier alpha value is -1.79. The summed E-state index contributed by atoms with van der Waals surface area (Å²) in [6, 6.07) is 7.36. The highest BCUT2D eigenvalue weighted by molar-refractivity contribution is 5.56. The second kappa shape index (κ2) is 4.96. The van der Waals surface area contributed by atoms with Gasteiger partial charge in [-0.25, -0.2) is 0 Å². The largest absolute Gasteiger partial charge is 0.324 e. The van der Waals surface area contributed by atoms with Gasteiger partial charge in [-0.1, -0.05) is 17.9 Å². The summed E-state index contributed by atoms with van der Waals surface area (Å²) in [7, 11) is 0. The highest BCUT2D eigenvalue weighted by Crippen LogP contribution is 2.07. The summed E-state index contributed by atoms with van der Waals surface area (Å²) < 4.78 is 0. The second-order valence-electron chi connectivity index (χ2n) is 2.40. The lowest BCUT2D eigenvalue weighted by Gasteiger charge is -1.98. The molecule has 3 N–H and O–H groups in total. The molecule has 0 atom stereocenters. The van der Waals surface area contributed by atoms with Crippen LogP contribution in [-0.2, 0) is 4.79 Å². The first-order valence-electron chi connectivity index (χ1n) is 3.86. The molecule has 13 heavy (non-hydrogen) atoms. The quantitative estimate of drug-likeness (QED) is 0.303. The van der Waals surface area contributed by atoms with E-state index in [9.17, 15) is 4.79 Å². The predicted molar refractivity (Wildman–Crippen MR) is 51.8 cm³/mol. The van der Waals surface area contributed by atoms with Crippen LogP contribution in [0.4, 0.5) is 5.69 Å². The maximum absolute atomic E-state index is 9.98. The van der Waals surface area contributed by atoms with E-state index >= 15 is 0 Å². The Balaban J connectivity index is 2.78. The van der Waals surface area contributed by atoms with Crippen molar-refractivity contribution in [2.75, 3.05) is 5.43 Å². The molecule has 0 spiro atoms. The van der Waals surface area contributed by atoms with Gasteiger partial charge in [0.15, 0.2) is 0 Å².